The van der Waals surface area contributed by atoms with Crippen molar-refractivity contribution in [2.45, 2.75) is 5.75 Å². The molecular formula is C8H11BrN2S2. The SMILES string of the molecule is CN=C(NC)SCc1ccc(Br)s1. The van der Waals surface area contributed by atoms with Gasteiger partial charge in [0.25, 0.3) is 0 Å². The minimum absolute atomic E-state index is 0.976. The van der Waals surface area contributed by atoms with Gasteiger partial charge in [-0.05, 0) is 28.1 Å². The van der Waals surface area contributed by atoms with Crippen LogP contribution in [0.25, 0.3) is 0 Å². The second-order valence-corrected chi connectivity index (χ2v) is 5.78. The minimum atomic E-state index is 0.976. The van der Waals surface area contributed by atoms with Crippen molar-refractivity contribution in [3.05, 3.63) is 20.8 Å². The Hall–Kier alpha value is -0.0000000000000000833. The van der Waals surface area contributed by atoms with Crippen LogP contribution in [0.4, 0.5) is 0 Å². The normalized spacial score (nSPS) is 11.8. The Balaban J connectivity index is 2.43. The van der Waals surface area contributed by atoms with Crippen LogP contribution in [0.3, 0.4) is 0 Å². The van der Waals surface area contributed by atoms with Crippen molar-refractivity contribution in [3.63, 3.8) is 0 Å². The van der Waals surface area contributed by atoms with Gasteiger partial charge in [0.15, 0.2) is 5.17 Å². The lowest BCUT2D eigenvalue weighted by Gasteiger charge is -2.01. The van der Waals surface area contributed by atoms with Crippen molar-refractivity contribution in [1.82, 2.24) is 5.32 Å². The summed E-state index contributed by atoms with van der Waals surface area (Å²) in [4.78, 5) is 5.44. The lowest BCUT2D eigenvalue weighted by atomic mass is 10.5. The third-order valence-corrected chi connectivity index (χ3v) is 4.32. The van der Waals surface area contributed by atoms with Crippen LogP contribution in [-0.2, 0) is 5.75 Å². The maximum atomic E-state index is 4.09. The first-order valence-corrected chi connectivity index (χ1v) is 6.37. The van der Waals surface area contributed by atoms with E-state index >= 15 is 0 Å². The summed E-state index contributed by atoms with van der Waals surface area (Å²) in [5.41, 5.74) is 0. The number of thiophene rings is 1. The van der Waals surface area contributed by atoms with Crippen molar-refractivity contribution in [3.8, 4) is 0 Å². The van der Waals surface area contributed by atoms with Crippen molar-refractivity contribution in [2.24, 2.45) is 4.99 Å². The topological polar surface area (TPSA) is 24.4 Å². The van der Waals surface area contributed by atoms with Gasteiger partial charge in [0, 0.05) is 24.7 Å². The van der Waals surface area contributed by atoms with Gasteiger partial charge in [-0.2, -0.15) is 0 Å². The fourth-order valence-corrected chi connectivity index (χ4v) is 3.16. The first-order valence-electron chi connectivity index (χ1n) is 3.78. The molecule has 0 spiro atoms. The van der Waals surface area contributed by atoms with E-state index in [-0.39, 0.29) is 0 Å². The van der Waals surface area contributed by atoms with Crippen LogP contribution < -0.4 is 5.32 Å². The Bertz CT molecular complexity index is 296. The highest BCUT2D eigenvalue weighted by atomic mass is 79.9. The highest BCUT2D eigenvalue weighted by Gasteiger charge is 2.00. The largest absolute Gasteiger partial charge is 0.368 e. The van der Waals surface area contributed by atoms with Gasteiger partial charge in [-0.15, -0.1) is 11.3 Å². The zero-order valence-electron chi connectivity index (χ0n) is 7.50. The van der Waals surface area contributed by atoms with Crippen molar-refractivity contribution in [1.29, 1.82) is 0 Å². The zero-order valence-corrected chi connectivity index (χ0v) is 10.7. The number of amidine groups is 1. The second kappa shape index (κ2) is 5.67. The van der Waals surface area contributed by atoms with Crippen LogP contribution in [0.15, 0.2) is 20.9 Å². The quantitative estimate of drug-likeness (QED) is 0.665. The molecule has 1 heterocycles. The summed E-state index contributed by atoms with van der Waals surface area (Å²) in [6.45, 7) is 0. The molecule has 5 heteroatoms. The van der Waals surface area contributed by atoms with Crippen molar-refractivity contribution in [2.75, 3.05) is 14.1 Å². The van der Waals surface area contributed by atoms with E-state index < -0.39 is 0 Å². The molecule has 0 atom stereocenters. The molecule has 0 unspecified atom stereocenters. The standard InChI is InChI=1S/C8H11BrN2S2/c1-10-8(11-2)12-5-6-3-4-7(9)13-6/h3-4H,5H2,1-2H3,(H,10,11). The van der Waals surface area contributed by atoms with Gasteiger partial charge in [-0.1, -0.05) is 11.8 Å². The molecule has 0 aromatic carbocycles. The number of thioether (sulfide) groups is 1. The lowest BCUT2D eigenvalue weighted by molar-refractivity contribution is 1.18. The summed E-state index contributed by atoms with van der Waals surface area (Å²) in [5, 5.41) is 4.01. The van der Waals surface area contributed by atoms with Gasteiger partial charge in [-0.3, -0.25) is 4.99 Å². The Morgan fingerprint density at radius 3 is 2.92 bits per heavy atom. The van der Waals surface area contributed by atoms with Crippen molar-refractivity contribution < 1.29 is 0 Å². The summed E-state index contributed by atoms with van der Waals surface area (Å²) in [7, 11) is 3.68. The number of halogens is 1. The van der Waals surface area contributed by atoms with E-state index in [4.69, 9.17) is 0 Å². The monoisotopic (exact) mass is 278 g/mol. The van der Waals surface area contributed by atoms with Gasteiger partial charge in [0.05, 0.1) is 3.79 Å². The Morgan fingerprint density at radius 1 is 1.69 bits per heavy atom. The zero-order chi connectivity index (χ0) is 9.68. The first-order chi connectivity index (χ1) is 6.26. The molecule has 1 N–H and O–H groups in total. The molecule has 0 fully saturated rings. The van der Waals surface area contributed by atoms with Gasteiger partial charge in [0.1, 0.15) is 0 Å². The third-order valence-electron chi connectivity index (χ3n) is 1.40. The predicted octanol–water partition coefficient (Wildman–Crippen LogP) is 2.95. The van der Waals surface area contributed by atoms with Crippen LogP contribution >= 0.6 is 39.0 Å². The fourth-order valence-electron chi connectivity index (χ4n) is 0.817. The van der Waals surface area contributed by atoms with E-state index in [1.165, 1.54) is 8.66 Å². The molecule has 0 saturated carbocycles. The molecule has 72 valence electrons. The number of nitrogens with one attached hydrogen (secondary N) is 1. The average molecular weight is 279 g/mol. The van der Waals surface area contributed by atoms with Crippen LogP contribution in [0.2, 0.25) is 0 Å². The summed E-state index contributed by atoms with van der Waals surface area (Å²) < 4.78 is 1.18. The van der Waals surface area contributed by atoms with Gasteiger partial charge in [-0.25, -0.2) is 0 Å². The summed E-state index contributed by atoms with van der Waals surface area (Å²) in [5.74, 6) is 0.976. The smallest absolute Gasteiger partial charge is 0.156 e. The lowest BCUT2D eigenvalue weighted by Crippen LogP contribution is -2.13. The van der Waals surface area contributed by atoms with E-state index in [0.29, 0.717) is 0 Å². The summed E-state index contributed by atoms with van der Waals surface area (Å²) in [6, 6.07) is 4.20. The fraction of sp³-hybridized carbons (Fsp3) is 0.375. The molecule has 0 aliphatic rings. The molecular weight excluding hydrogens is 268 g/mol. The number of nitrogens with zero attached hydrogens (tertiary/aromatic N) is 1. The van der Waals surface area contributed by atoms with Crippen LogP contribution in [0, 0.1) is 0 Å². The van der Waals surface area contributed by atoms with E-state index in [0.717, 1.165) is 10.9 Å². The van der Waals surface area contributed by atoms with E-state index in [1.807, 2.05) is 7.05 Å². The molecule has 0 aliphatic carbocycles. The van der Waals surface area contributed by atoms with Crippen LogP contribution in [0.1, 0.15) is 4.88 Å². The summed E-state index contributed by atoms with van der Waals surface area (Å²) >= 11 is 6.92. The van der Waals surface area contributed by atoms with E-state index in [2.05, 4.69) is 38.4 Å². The average Bonchev–Trinajstić information content (AvgIpc) is 2.53. The predicted molar refractivity (Wildman–Crippen MR) is 65.7 cm³/mol. The molecule has 0 aliphatic heterocycles. The highest BCUT2D eigenvalue weighted by molar-refractivity contribution is 9.11. The molecule has 13 heavy (non-hydrogen) atoms. The number of hydrogen-bond acceptors (Lipinski definition) is 3. The Morgan fingerprint density at radius 2 is 2.46 bits per heavy atom. The van der Waals surface area contributed by atoms with Crippen LogP contribution in [0.5, 0.6) is 0 Å². The molecule has 2 nitrogen and oxygen atoms in total. The van der Waals surface area contributed by atoms with Gasteiger partial charge >= 0.3 is 0 Å². The van der Waals surface area contributed by atoms with Crippen molar-refractivity contribution >= 4 is 44.2 Å². The van der Waals surface area contributed by atoms with Crippen LogP contribution in [-0.4, -0.2) is 19.3 Å². The molecule has 1 rings (SSSR count). The van der Waals surface area contributed by atoms with E-state index in [1.54, 1.807) is 30.1 Å². The number of rotatable bonds is 2. The molecule has 0 bridgehead atoms. The molecule has 0 radical (unpaired) electrons. The maximum Gasteiger partial charge on any atom is 0.156 e. The number of aliphatic imine (C=N–C) groups is 1. The Labute approximate surface area is 95.0 Å². The van der Waals surface area contributed by atoms with Gasteiger partial charge in [0.2, 0.25) is 0 Å². The minimum Gasteiger partial charge on any atom is -0.368 e. The molecule has 1 aromatic rings. The maximum absolute atomic E-state index is 4.09. The summed E-state index contributed by atoms with van der Waals surface area (Å²) in [6.07, 6.45) is 0. The Kier molecular flexibility index (Phi) is 4.83. The molecule has 0 amide bonds. The molecule has 1 aromatic heterocycles. The first kappa shape index (κ1) is 11.1. The number of hydrogen-bond donors (Lipinski definition) is 1. The highest BCUT2D eigenvalue weighted by Crippen LogP contribution is 2.25. The second-order valence-electron chi connectivity index (χ2n) is 2.27. The van der Waals surface area contributed by atoms with Gasteiger partial charge < -0.3 is 5.32 Å². The van der Waals surface area contributed by atoms with E-state index in [9.17, 15) is 0 Å². The molecule has 0 saturated heterocycles. The third kappa shape index (κ3) is 3.70.